The van der Waals surface area contributed by atoms with Crippen molar-refractivity contribution in [2.24, 2.45) is 0 Å². The van der Waals surface area contributed by atoms with Crippen LogP contribution in [0.2, 0.25) is 0 Å². The molecular formula is C9H7N3. The molecule has 2 aromatic rings. The third-order valence-electron chi connectivity index (χ3n) is 1.71. The first-order chi connectivity index (χ1) is 5.90. The highest BCUT2D eigenvalue weighted by Crippen LogP contribution is 2.13. The summed E-state index contributed by atoms with van der Waals surface area (Å²) in [5.41, 5.74) is 2.88. The van der Waals surface area contributed by atoms with E-state index in [1.807, 2.05) is 35.8 Å². The van der Waals surface area contributed by atoms with Crippen LogP contribution in [0, 0.1) is 0 Å². The molecule has 2 rings (SSSR count). The van der Waals surface area contributed by atoms with Crippen LogP contribution in [0.1, 0.15) is 0 Å². The Morgan fingerprint density at radius 3 is 2.75 bits per heavy atom. The zero-order chi connectivity index (χ0) is 8.39. The molecule has 58 valence electrons. The number of anilines is 1. The fraction of sp³-hybridized carbons (Fsp3) is 0. The van der Waals surface area contributed by atoms with Crippen LogP contribution in [0.3, 0.4) is 0 Å². The molecule has 1 N–H and O–H groups in total. The standard InChI is InChI=1S/C9H7N3/c10-12-9-6-5-7-3-1-2-4-8(7)11-9/h1-6H,(H,11,12). The SMILES string of the molecule is [N]Nc1ccc2ccccc2n1. The van der Waals surface area contributed by atoms with Crippen LogP contribution < -0.4 is 11.3 Å². The monoisotopic (exact) mass is 157 g/mol. The number of fused-ring (bicyclic) bond motifs is 1. The van der Waals surface area contributed by atoms with Gasteiger partial charge in [0.2, 0.25) is 0 Å². The molecule has 0 saturated carbocycles. The molecule has 0 saturated heterocycles. The van der Waals surface area contributed by atoms with Gasteiger partial charge in [-0.15, -0.1) is 0 Å². The Labute approximate surface area is 70.2 Å². The Balaban J connectivity index is 2.67. The number of hydrogen-bond acceptors (Lipinski definition) is 2. The van der Waals surface area contributed by atoms with Crippen LogP contribution in [0.15, 0.2) is 36.4 Å². The lowest BCUT2D eigenvalue weighted by Crippen LogP contribution is -1.94. The minimum Gasteiger partial charge on any atom is -0.269 e. The van der Waals surface area contributed by atoms with Gasteiger partial charge < -0.3 is 0 Å². The molecule has 0 aliphatic heterocycles. The number of hydrogen-bond donors (Lipinski definition) is 1. The molecule has 3 heteroatoms. The molecule has 1 aromatic heterocycles. The van der Waals surface area contributed by atoms with Crippen molar-refractivity contribution in [1.82, 2.24) is 10.8 Å². The predicted octanol–water partition coefficient (Wildman–Crippen LogP) is 1.63. The number of para-hydroxylation sites is 1. The van der Waals surface area contributed by atoms with Crippen LogP contribution >= 0.6 is 0 Å². The number of rotatable bonds is 1. The van der Waals surface area contributed by atoms with Crippen molar-refractivity contribution in [3.63, 3.8) is 0 Å². The van der Waals surface area contributed by atoms with Gasteiger partial charge in [0.1, 0.15) is 5.82 Å². The third-order valence-corrected chi connectivity index (χ3v) is 1.71. The highest BCUT2D eigenvalue weighted by atomic mass is 15.2. The Hall–Kier alpha value is -1.61. The molecule has 2 radical (unpaired) electrons. The van der Waals surface area contributed by atoms with E-state index in [4.69, 9.17) is 5.84 Å². The van der Waals surface area contributed by atoms with Crippen LogP contribution in [-0.4, -0.2) is 4.98 Å². The summed E-state index contributed by atoms with van der Waals surface area (Å²) in [5.74, 6) is 9.05. The Kier molecular flexibility index (Phi) is 1.64. The second kappa shape index (κ2) is 2.79. The maximum atomic E-state index is 8.58. The fourth-order valence-corrected chi connectivity index (χ4v) is 1.13. The molecular weight excluding hydrogens is 150 g/mol. The highest BCUT2D eigenvalue weighted by Gasteiger charge is 1.94. The number of aromatic nitrogens is 1. The quantitative estimate of drug-likeness (QED) is 0.639. The summed E-state index contributed by atoms with van der Waals surface area (Å²) in [6, 6.07) is 11.4. The first-order valence-corrected chi connectivity index (χ1v) is 3.66. The average Bonchev–Trinajstić information content (AvgIpc) is 2.17. The molecule has 0 spiro atoms. The second-order valence-electron chi connectivity index (χ2n) is 2.50. The first-order valence-electron chi connectivity index (χ1n) is 3.66. The van der Waals surface area contributed by atoms with Gasteiger partial charge in [-0.05, 0) is 24.0 Å². The molecule has 0 atom stereocenters. The molecule has 0 bridgehead atoms. The molecule has 3 nitrogen and oxygen atoms in total. The Morgan fingerprint density at radius 2 is 1.92 bits per heavy atom. The van der Waals surface area contributed by atoms with Crippen LogP contribution in [0.5, 0.6) is 0 Å². The van der Waals surface area contributed by atoms with Gasteiger partial charge in [0.05, 0.1) is 5.52 Å². The molecule has 0 fully saturated rings. The first kappa shape index (κ1) is 7.06. The summed E-state index contributed by atoms with van der Waals surface area (Å²) >= 11 is 0. The Morgan fingerprint density at radius 1 is 1.08 bits per heavy atom. The van der Waals surface area contributed by atoms with Crippen LogP contribution in [0.25, 0.3) is 10.9 Å². The summed E-state index contributed by atoms with van der Waals surface area (Å²) < 4.78 is 0. The zero-order valence-electron chi connectivity index (χ0n) is 6.36. The molecule has 0 amide bonds. The van der Waals surface area contributed by atoms with E-state index in [1.165, 1.54) is 0 Å². The second-order valence-corrected chi connectivity index (χ2v) is 2.50. The number of pyridine rings is 1. The molecule has 0 aliphatic rings. The smallest absolute Gasteiger partial charge is 0.143 e. The van der Waals surface area contributed by atoms with Gasteiger partial charge >= 0.3 is 0 Å². The Bertz CT molecular complexity index is 398. The molecule has 1 aromatic carbocycles. The van der Waals surface area contributed by atoms with Crippen LogP contribution in [-0.2, 0) is 0 Å². The van der Waals surface area contributed by atoms with Crippen molar-refractivity contribution in [3.05, 3.63) is 36.4 Å². The molecule has 12 heavy (non-hydrogen) atoms. The van der Waals surface area contributed by atoms with Gasteiger partial charge in [-0.1, -0.05) is 18.2 Å². The summed E-state index contributed by atoms with van der Waals surface area (Å²) in [6.07, 6.45) is 0. The summed E-state index contributed by atoms with van der Waals surface area (Å²) in [4.78, 5) is 4.13. The largest absolute Gasteiger partial charge is 0.269 e. The number of benzene rings is 1. The van der Waals surface area contributed by atoms with E-state index in [0.29, 0.717) is 5.82 Å². The van der Waals surface area contributed by atoms with E-state index in [9.17, 15) is 0 Å². The number of nitrogens with zero attached hydrogens (tertiary/aromatic N) is 2. The normalized spacial score (nSPS) is 10.1. The lowest BCUT2D eigenvalue weighted by molar-refractivity contribution is 1.23. The lowest BCUT2D eigenvalue weighted by atomic mass is 10.2. The van der Waals surface area contributed by atoms with Crippen molar-refractivity contribution >= 4 is 16.7 Å². The van der Waals surface area contributed by atoms with Gasteiger partial charge in [-0.3, -0.25) is 5.43 Å². The molecule has 0 unspecified atom stereocenters. The van der Waals surface area contributed by atoms with Crippen molar-refractivity contribution < 1.29 is 0 Å². The van der Waals surface area contributed by atoms with Crippen molar-refractivity contribution in [1.29, 1.82) is 0 Å². The van der Waals surface area contributed by atoms with Crippen molar-refractivity contribution in [2.75, 3.05) is 5.43 Å². The third kappa shape index (κ3) is 1.10. The van der Waals surface area contributed by atoms with Gasteiger partial charge in [-0.2, -0.15) is 0 Å². The van der Waals surface area contributed by atoms with E-state index in [0.717, 1.165) is 10.9 Å². The maximum absolute atomic E-state index is 8.58. The van der Waals surface area contributed by atoms with E-state index in [1.54, 1.807) is 6.07 Å². The topological polar surface area (TPSA) is 47.2 Å². The van der Waals surface area contributed by atoms with E-state index < -0.39 is 0 Å². The number of nitrogens with one attached hydrogen (secondary N) is 1. The van der Waals surface area contributed by atoms with Gasteiger partial charge in [0.25, 0.3) is 0 Å². The maximum Gasteiger partial charge on any atom is 0.143 e. The predicted molar refractivity (Wildman–Crippen MR) is 47.5 cm³/mol. The summed E-state index contributed by atoms with van der Waals surface area (Å²) in [7, 11) is 0. The highest BCUT2D eigenvalue weighted by molar-refractivity contribution is 5.79. The molecule has 0 aliphatic carbocycles. The average molecular weight is 157 g/mol. The van der Waals surface area contributed by atoms with Gasteiger partial charge in [0.15, 0.2) is 0 Å². The lowest BCUT2D eigenvalue weighted by Gasteiger charge is -1.98. The minimum absolute atomic E-state index is 0.466. The minimum atomic E-state index is 0.466. The van der Waals surface area contributed by atoms with Crippen molar-refractivity contribution in [3.8, 4) is 0 Å². The summed E-state index contributed by atoms with van der Waals surface area (Å²) in [6.45, 7) is 0. The zero-order valence-corrected chi connectivity index (χ0v) is 6.36. The van der Waals surface area contributed by atoms with Gasteiger partial charge in [-0.25, -0.2) is 4.98 Å². The fourth-order valence-electron chi connectivity index (χ4n) is 1.13. The molecule has 1 heterocycles. The summed E-state index contributed by atoms with van der Waals surface area (Å²) in [5, 5.41) is 1.07. The van der Waals surface area contributed by atoms with Crippen molar-refractivity contribution in [2.45, 2.75) is 0 Å². The van der Waals surface area contributed by atoms with Gasteiger partial charge in [0, 0.05) is 5.39 Å². The van der Waals surface area contributed by atoms with E-state index in [-0.39, 0.29) is 0 Å². The van der Waals surface area contributed by atoms with E-state index in [2.05, 4.69) is 4.98 Å². The van der Waals surface area contributed by atoms with E-state index >= 15 is 0 Å². The van der Waals surface area contributed by atoms with Crippen LogP contribution in [0.4, 0.5) is 5.82 Å².